The van der Waals surface area contributed by atoms with E-state index in [2.05, 4.69) is 23.6 Å². The van der Waals surface area contributed by atoms with Gasteiger partial charge in [0.15, 0.2) is 0 Å². The molecule has 138 valence electrons. The highest BCUT2D eigenvalue weighted by atomic mass is 16.5. The Morgan fingerprint density at radius 1 is 1.23 bits per heavy atom. The van der Waals surface area contributed by atoms with Gasteiger partial charge in [-0.25, -0.2) is 0 Å². The SMILES string of the molecule is CCc1ccc2occ(CC(=O)N[C@H]3[C@H]4CCO[C@H]4[C@@H]3NC(C)=O)c2c1. The molecule has 2 heterocycles. The van der Waals surface area contributed by atoms with Crippen LogP contribution >= 0.6 is 0 Å². The van der Waals surface area contributed by atoms with Crippen LogP contribution in [0.1, 0.15) is 31.4 Å². The maximum atomic E-state index is 12.6. The second kappa shape index (κ2) is 6.76. The molecule has 1 aromatic heterocycles. The van der Waals surface area contributed by atoms with Gasteiger partial charge in [0.1, 0.15) is 5.58 Å². The van der Waals surface area contributed by atoms with Crippen molar-refractivity contribution >= 4 is 22.8 Å². The zero-order valence-corrected chi connectivity index (χ0v) is 15.1. The number of hydrogen-bond acceptors (Lipinski definition) is 4. The standard InChI is InChI=1S/C20H24N2O4/c1-3-12-4-5-16-15(8-12)13(10-26-16)9-17(24)22-18-14-6-7-25-20(14)19(18)21-11(2)23/h4-5,8,10,14,18-20H,3,6-7,9H2,1-2H3,(H,21,23)(H,22,24)/t14-,18+,19-,20-/m1/s1. The topological polar surface area (TPSA) is 80.6 Å². The summed E-state index contributed by atoms with van der Waals surface area (Å²) < 4.78 is 11.3. The van der Waals surface area contributed by atoms with E-state index in [-0.39, 0.29) is 42.3 Å². The van der Waals surface area contributed by atoms with Gasteiger partial charge in [0.2, 0.25) is 11.8 Å². The van der Waals surface area contributed by atoms with Crippen molar-refractivity contribution < 1.29 is 18.7 Å². The third-order valence-corrected chi connectivity index (χ3v) is 5.56. The summed E-state index contributed by atoms with van der Waals surface area (Å²) >= 11 is 0. The molecule has 1 aliphatic carbocycles. The summed E-state index contributed by atoms with van der Waals surface area (Å²) in [5.41, 5.74) is 2.91. The average Bonchev–Trinajstić information content (AvgIpc) is 3.22. The zero-order chi connectivity index (χ0) is 18.3. The summed E-state index contributed by atoms with van der Waals surface area (Å²) in [5, 5.41) is 7.01. The van der Waals surface area contributed by atoms with Crippen molar-refractivity contribution in [3.05, 3.63) is 35.6 Å². The minimum absolute atomic E-state index is 0.0195. The molecule has 0 radical (unpaired) electrons. The monoisotopic (exact) mass is 356 g/mol. The lowest BCUT2D eigenvalue weighted by Gasteiger charge is -2.47. The maximum absolute atomic E-state index is 12.6. The Bertz CT molecular complexity index is 843. The van der Waals surface area contributed by atoms with Crippen molar-refractivity contribution in [1.82, 2.24) is 10.6 Å². The molecule has 26 heavy (non-hydrogen) atoms. The molecule has 2 aromatic rings. The third-order valence-electron chi connectivity index (χ3n) is 5.56. The number of furan rings is 1. The molecule has 1 aliphatic heterocycles. The minimum atomic E-state index is -0.142. The van der Waals surface area contributed by atoms with Gasteiger partial charge in [0.05, 0.1) is 30.9 Å². The molecule has 2 amide bonds. The van der Waals surface area contributed by atoms with Crippen molar-refractivity contribution in [3.63, 3.8) is 0 Å². The van der Waals surface area contributed by atoms with E-state index in [1.807, 2.05) is 12.1 Å². The normalized spacial score (nSPS) is 27.0. The number of carbonyl (C=O) groups is 2. The van der Waals surface area contributed by atoms with Crippen LogP contribution in [-0.4, -0.2) is 36.6 Å². The van der Waals surface area contributed by atoms with E-state index in [4.69, 9.17) is 9.15 Å². The molecule has 4 atom stereocenters. The lowest BCUT2D eigenvalue weighted by molar-refractivity contribution is -0.129. The van der Waals surface area contributed by atoms with Crippen molar-refractivity contribution in [1.29, 1.82) is 0 Å². The fourth-order valence-electron chi connectivity index (χ4n) is 4.21. The predicted molar refractivity (Wildman–Crippen MR) is 96.7 cm³/mol. The molecular weight excluding hydrogens is 332 g/mol. The van der Waals surface area contributed by atoms with Crippen molar-refractivity contribution in [2.24, 2.45) is 5.92 Å². The van der Waals surface area contributed by atoms with E-state index in [0.717, 1.165) is 29.4 Å². The first-order valence-electron chi connectivity index (χ1n) is 9.24. The summed E-state index contributed by atoms with van der Waals surface area (Å²) in [4.78, 5) is 24.1. The molecule has 2 N–H and O–H groups in total. The van der Waals surface area contributed by atoms with Crippen molar-refractivity contribution in [2.75, 3.05) is 6.61 Å². The quantitative estimate of drug-likeness (QED) is 0.858. The lowest BCUT2D eigenvalue weighted by atomic mass is 9.71. The third kappa shape index (κ3) is 2.98. The number of carbonyl (C=O) groups excluding carboxylic acids is 2. The van der Waals surface area contributed by atoms with Gasteiger partial charge in [-0.05, 0) is 30.5 Å². The van der Waals surface area contributed by atoms with Crippen LogP contribution in [0.5, 0.6) is 0 Å². The largest absolute Gasteiger partial charge is 0.464 e. The summed E-state index contributed by atoms with van der Waals surface area (Å²) in [6.45, 7) is 4.28. The first kappa shape index (κ1) is 17.1. The van der Waals surface area contributed by atoms with Crippen LogP contribution in [0.4, 0.5) is 0 Å². The number of ether oxygens (including phenoxy) is 1. The van der Waals surface area contributed by atoms with Gasteiger partial charge < -0.3 is 19.8 Å². The van der Waals surface area contributed by atoms with Gasteiger partial charge in [-0.3, -0.25) is 9.59 Å². The van der Waals surface area contributed by atoms with Crippen LogP contribution in [0.25, 0.3) is 11.0 Å². The van der Waals surface area contributed by atoms with Gasteiger partial charge in [0.25, 0.3) is 0 Å². The summed E-state index contributed by atoms with van der Waals surface area (Å²) in [6, 6.07) is 5.88. The second-order valence-corrected chi connectivity index (χ2v) is 7.23. The number of amides is 2. The molecule has 6 heteroatoms. The Labute approximate surface area is 152 Å². The molecule has 0 unspecified atom stereocenters. The van der Waals surface area contributed by atoms with Crippen LogP contribution in [0.15, 0.2) is 28.9 Å². The average molecular weight is 356 g/mol. The Hall–Kier alpha value is -2.34. The van der Waals surface area contributed by atoms with Crippen LogP contribution in [0.2, 0.25) is 0 Å². The van der Waals surface area contributed by atoms with Crippen LogP contribution < -0.4 is 10.6 Å². The fraction of sp³-hybridized carbons (Fsp3) is 0.500. The van der Waals surface area contributed by atoms with Gasteiger partial charge in [-0.2, -0.15) is 0 Å². The highest BCUT2D eigenvalue weighted by Gasteiger charge is 2.54. The number of aryl methyl sites for hydroxylation is 1. The fourth-order valence-corrected chi connectivity index (χ4v) is 4.21. The second-order valence-electron chi connectivity index (χ2n) is 7.23. The minimum Gasteiger partial charge on any atom is -0.464 e. The first-order valence-corrected chi connectivity index (χ1v) is 9.24. The van der Waals surface area contributed by atoms with E-state index < -0.39 is 0 Å². The van der Waals surface area contributed by atoms with Gasteiger partial charge >= 0.3 is 0 Å². The smallest absolute Gasteiger partial charge is 0.224 e. The van der Waals surface area contributed by atoms with Crippen LogP contribution in [-0.2, 0) is 27.2 Å². The number of fused-ring (bicyclic) bond motifs is 2. The summed E-state index contributed by atoms with van der Waals surface area (Å²) in [5.74, 6) is 0.125. The molecule has 4 rings (SSSR count). The van der Waals surface area contributed by atoms with E-state index in [1.165, 1.54) is 12.5 Å². The summed E-state index contributed by atoms with van der Waals surface area (Å²) in [7, 11) is 0. The van der Waals surface area contributed by atoms with E-state index in [9.17, 15) is 9.59 Å². The number of hydrogen-bond donors (Lipinski definition) is 2. The highest BCUT2D eigenvalue weighted by molar-refractivity contribution is 5.88. The Kier molecular flexibility index (Phi) is 4.44. The Balaban J connectivity index is 1.46. The predicted octanol–water partition coefficient (Wildman–Crippen LogP) is 1.95. The Morgan fingerprint density at radius 3 is 2.85 bits per heavy atom. The van der Waals surface area contributed by atoms with Crippen LogP contribution in [0, 0.1) is 5.92 Å². The molecule has 2 fully saturated rings. The zero-order valence-electron chi connectivity index (χ0n) is 15.1. The molecule has 1 aromatic carbocycles. The summed E-state index contributed by atoms with van der Waals surface area (Å²) in [6.07, 6.45) is 3.81. The molecule has 6 nitrogen and oxygen atoms in total. The van der Waals surface area contributed by atoms with Crippen LogP contribution in [0.3, 0.4) is 0 Å². The van der Waals surface area contributed by atoms with Gasteiger partial charge in [0, 0.05) is 30.4 Å². The lowest BCUT2D eigenvalue weighted by Crippen LogP contribution is -2.70. The maximum Gasteiger partial charge on any atom is 0.224 e. The van der Waals surface area contributed by atoms with Crippen molar-refractivity contribution in [3.8, 4) is 0 Å². The van der Waals surface area contributed by atoms with E-state index >= 15 is 0 Å². The molecule has 1 saturated carbocycles. The molecule has 2 aliphatic rings. The molecule has 0 bridgehead atoms. The highest BCUT2D eigenvalue weighted by Crippen LogP contribution is 2.39. The first-order chi connectivity index (χ1) is 12.6. The van der Waals surface area contributed by atoms with Crippen molar-refractivity contribution in [2.45, 2.75) is 51.3 Å². The number of rotatable bonds is 5. The number of benzene rings is 1. The Morgan fingerprint density at radius 2 is 2.08 bits per heavy atom. The molecule has 1 saturated heterocycles. The van der Waals surface area contributed by atoms with Gasteiger partial charge in [-0.1, -0.05) is 13.0 Å². The number of nitrogens with one attached hydrogen (secondary N) is 2. The van der Waals surface area contributed by atoms with E-state index in [0.29, 0.717) is 6.61 Å². The van der Waals surface area contributed by atoms with Gasteiger partial charge in [-0.15, -0.1) is 0 Å². The molecule has 0 spiro atoms. The van der Waals surface area contributed by atoms with E-state index in [1.54, 1.807) is 6.26 Å². The molecular formula is C20H24N2O4.